The minimum Gasteiger partial charge on any atom is -0.467 e. The number of aromatic nitrogens is 3. The normalized spacial score (nSPS) is 20.4. The van der Waals surface area contributed by atoms with Crippen molar-refractivity contribution in [3.8, 4) is 6.01 Å². The Hall–Kier alpha value is -2.57. The summed E-state index contributed by atoms with van der Waals surface area (Å²) >= 11 is 0. The fourth-order valence-electron chi connectivity index (χ4n) is 3.81. The molecule has 2 aliphatic heterocycles. The summed E-state index contributed by atoms with van der Waals surface area (Å²) in [5, 5.41) is 3.60. The molecule has 0 radical (unpaired) electrons. The van der Waals surface area contributed by atoms with Gasteiger partial charge in [-0.1, -0.05) is 31.0 Å². The van der Waals surface area contributed by atoms with Gasteiger partial charge in [0, 0.05) is 37.9 Å². The van der Waals surface area contributed by atoms with Gasteiger partial charge in [-0.2, -0.15) is 15.0 Å². The van der Waals surface area contributed by atoms with Gasteiger partial charge in [0.05, 0.1) is 7.11 Å². The standard InChI is InChI=1S/C20H28N6O/c1-27-20-23-18(25-12-7-2-3-8-13-25)22-19(24-20)26-14-11-17(15-26)21-16-9-5-4-6-10-16/h4-6,9-10,17,21H,2-3,7-8,11-15H2,1H3. The van der Waals surface area contributed by atoms with Crippen LogP contribution in [0.4, 0.5) is 17.6 Å². The first-order valence-electron chi connectivity index (χ1n) is 9.93. The Balaban J connectivity index is 1.48. The van der Waals surface area contributed by atoms with E-state index in [1.54, 1.807) is 7.11 Å². The lowest BCUT2D eigenvalue weighted by Gasteiger charge is -2.23. The Morgan fingerprint density at radius 3 is 2.30 bits per heavy atom. The fraction of sp³-hybridized carbons (Fsp3) is 0.550. The van der Waals surface area contributed by atoms with E-state index >= 15 is 0 Å². The van der Waals surface area contributed by atoms with Crippen molar-refractivity contribution >= 4 is 17.6 Å². The molecule has 0 saturated carbocycles. The lowest BCUT2D eigenvalue weighted by atomic mass is 10.2. The molecule has 1 aromatic carbocycles. The molecule has 0 amide bonds. The number of para-hydroxylation sites is 1. The number of methoxy groups -OCH3 is 1. The molecule has 2 saturated heterocycles. The summed E-state index contributed by atoms with van der Waals surface area (Å²) < 4.78 is 5.37. The lowest BCUT2D eigenvalue weighted by molar-refractivity contribution is 0.378. The number of ether oxygens (including phenoxy) is 1. The van der Waals surface area contributed by atoms with Crippen molar-refractivity contribution in [3.05, 3.63) is 30.3 Å². The van der Waals surface area contributed by atoms with Crippen molar-refractivity contribution in [1.29, 1.82) is 0 Å². The van der Waals surface area contributed by atoms with Crippen molar-refractivity contribution < 1.29 is 4.74 Å². The zero-order chi connectivity index (χ0) is 18.5. The third kappa shape index (κ3) is 4.40. The fourth-order valence-corrected chi connectivity index (χ4v) is 3.81. The molecular formula is C20H28N6O. The monoisotopic (exact) mass is 368 g/mol. The van der Waals surface area contributed by atoms with Gasteiger partial charge < -0.3 is 19.9 Å². The van der Waals surface area contributed by atoms with Crippen molar-refractivity contribution in [2.75, 3.05) is 48.4 Å². The second-order valence-corrected chi connectivity index (χ2v) is 7.27. The van der Waals surface area contributed by atoms with E-state index in [-0.39, 0.29) is 0 Å². The van der Waals surface area contributed by atoms with Crippen LogP contribution in [0.5, 0.6) is 6.01 Å². The minimum atomic E-state index is 0.386. The van der Waals surface area contributed by atoms with E-state index in [9.17, 15) is 0 Å². The predicted molar refractivity (Wildman–Crippen MR) is 108 cm³/mol. The van der Waals surface area contributed by atoms with Crippen LogP contribution >= 0.6 is 0 Å². The zero-order valence-electron chi connectivity index (χ0n) is 16.0. The Kier molecular flexibility index (Phi) is 5.55. The van der Waals surface area contributed by atoms with Crippen molar-refractivity contribution in [2.45, 2.75) is 38.1 Å². The largest absolute Gasteiger partial charge is 0.467 e. The highest BCUT2D eigenvalue weighted by Crippen LogP contribution is 2.24. The van der Waals surface area contributed by atoms with Crippen molar-refractivity contribution in [2.24, 2.45) is 0 Å². The number of rotatable bonds is 5. The number of benzene rings is 1. The van der Waals surface area contributed by atoms with E-state index < -0.39 is 0 Å². The van der Waals surface area contributed by atoms with Gasteiger partial charge in [-0.25, -0.2) is 0 Å². The van der Waals surface area contributed by atoms with Crippen LogP contribution in [0.2, 0.25) is 0 Å². The summed E-state index contributed by atoms with van der Waals surface area (Å²) in [5.74, 6) is 1.47. The van der Waals surface area contributed by atoms with E-state index in [0.717, 1.165) is 50.2 Å². The molecule has 1 atom stereocenters. The Labute approximate surface area is 160 Å². The molecule has 0 aliphatic carbocycles. The van der Waals surface area contributed by atoms with Crippen LogP contribution in [0.3, 0.4) is 0 Å². The summed E-state index contributed by atoms with van der Waals surface area (Å²) in [7, 11) is 1.62. The van der Waals surface area contributed by atoms with Gasteiger partial charge in [-0.05, 0) is 31.4 Å². The van der Waals surface area contributed by atoms with Gasteiger partial charge in [-0.3, -0.25) is 0 Å². The highest BCUT2D eigenvalue weighted by atomic mass is 16.5. The van der Waals surface area contributed by atoms with Gasteiger partial charge in [-0.15, -0.1) is 0 Å². The Morgan fingerprint density at radius 1 is 0.889 bits per heavy atom. The molecule has 1 N–H and O–H groups in total. The van der Waals surface area contributed by atoms with E-state index in [0.29, 0.717) is 12.1 Å². The van der Waals surface area contributed by atoms with Crippen molar-refractivity contribution in [3.63, 3.8) is 0 Å². The molecular weight excluding hydrogens is 340 g/mol. The number of hydrogen-bond donors (Lipinski definition) is 1. The maximum atomic E-state index is 5.37. The summed E-state index contributed by atoms with van der Waals surface area (Å²) in [6, 6.07) is 11.1. The molecule has 2 fully saturated rings. The molecule has 2 aromatic rings. The molecule has 7 nitrogen and oxygen atoms in total. The van der Waals surface area contributed by atoms with Gasteiger partial charge in [0.2, 0.25) is 11.9 Å². The van der Waals surface area contributed by atoms with Crippen LogP contribution < -0.4 is 19.9 Å². The third-order valence-corrected chi connectivity index (χ3v) is 5.28. The number of hydrogen-bond acceptors (Lipinski definition) is 7. The topological polar surface area (TPSA) is 66.4 Å². The van der Waals surface area contributed by atoms with Gasteiger partial charge in [0.15, 0.2) is 0 Å². The summed E-state index contributed by atoms with van der Waals surface area (Å²) in [6.07, 6.45) is 6.00. The maximum absolute atomic E-state index is 5.37. The Bertz CT molecular complexity index is 733. The summed E-state index contributed by atoms with van der Waals surface area (Å²) in [6.45, 7) is 3.81. The smallest absolute Gasteiger partial charge is 0.322 e. The molecule has 0 bridgehead atoms. The molecule has 4 rings (SSSR count). The molecule has 2 aliphatic rings. The number of nitrogens with zero attached hydrogens (tertiary/aromatic N) is 5. The first-order chi connectivity index (χ1) is 13.3. The third-order valence-electron chi connectivity index (χ3n) is 5.28. The maximum Gasteiger partial charge on any atom is 0.322 e. The van der Waals surface area contributed by atoms with Crippen molar-refractivity contribution in [1.82, 2.24) is 15.0 Å². The molecule has 1 unspecified atom stereocenters. The zero-order valence-corrected chi connectivity index (χ0v) is 16.0. The second-order valence-electron chi connectivity index (χ2n) is 7.27. The summed E-state index contributed by atoms with van der Waals surface area (Å²) in [5.41, 5.74) is 1.16. The van der Waals surface area contributed by atoms with Crippen LogP contribution in [0.15, 0.2) is 30.3 Å². The van der Waals surface area contributed by atoms with Crippen LogP contribution in [-0.4, -0.2) is 54.3 Å². The lowest BCUT2D eigenvalue weighted by Crippen LogP contribution is -2.30. The van der Waals surface area contributed by atoms with E-state index in [4.69, 9.17) is 9.72 Å². The van der Waals surface area contributed by atoms with E-state index in [2.05, 4.69) is 49.4 Å². The SMILES string of the molecule is COc1nc(N2CCCCCC2)nc(N2CCC(Nc3ccccc3)C2)n1. The molecule has 7 heteroatoms. The highest BCUT2D eigenvalue weighted by Gasteiger charge is 2.26. The average molecular weight is 368 g/mol. The predicted octanol–water partition coefficient (Wildman–Crippen LogP) is 2.95. The first kappa shape index (κ1) is 17.8. The Morgan fingerprint density at radius 2 is 1.59 bits per heavy atom. The van der Waals surface area contributed by atoms with Gasteiger partial charge in [0.25, 0.3) is 0 Å². The first-order valence-corrected chi connectivity index (χ1v) is 9.93. The second kappa shape index (κ2) is 8.41. The van der Waals surface area contributed by atoms with E-state index in [1.807, 2.05) is 6.07 Å². The number of anilines is 3. The van der Waals surface area contributed by atoms with Crippen LogP contribution in [0, 0.1) is 0 Å². The molecule has 3 heterocycles. The number of nitrogens with one attached hydrogen (secondary N) is 1. The van der Waals surface area contributed by atoms with Crippen LogP contribution in [0.1, 0.15) is 32.1 Å². The van der Waals surface area contributed by atoms with Crippen LogP contribution in [0.25, 0.3) is 0 Å². The van der Waals surface area contributed by atoms with E-state index in [1.165, 1.54) is 25.7 Å². The molecule has 27 heavy (non-hydrogen) atoms. The molecule has 0 spiro atoms. The van der Waals surface area contributed by atoms with Crippen LogP contribution in [-0.2, 0) is 0 Å². The molecule has 1 aromatic heterocycles. The summed E-state index contributed by atoms with van der Waals surface area (Å²) in [4.78, 5) is 18.3. The van der Waals surface area contributed by atoms with Gasteiger partial charge >= 0.3 is 6.01 Å². The molecule has 144 valence electrons. The quantitative estimate of drug-likeness (QED) is 0.870. The average Bonchev–Trinajstić information content (AvgIpc) is 3.00. The highest BCUT2D eigenvalue weighted by molar-refractivity contribution is 5.46. The van der Waals surface area contributed by atoms with Gasteiger partial charge in [0.1, 0.15) is 0 Å². The minimum absolute atomic E-state index is 0.386.